The summed E-state index contributed by atoms with van der Waals surface area (Å²) in [7, 11) is 3.40. The van der Waals surface area contributed by atoms with Gasteiger partial charge in [-0.05, 0) is 48.4 Å². The maximum absolute atomic E-state index is 11.3. The predicted molar refractivity (Wildman–Crippen MR) is 141 cm³/mol. The Morgan fingerprint density at radius 2 is 1.68 bits per heavy atom. The maximum Gasteiger partial charge on any atom is 0.219 e. The Kier molecular flexibility index (Phi) is 15.9. The molecule has 190 valence electrons. The first kappa shape index (κ1) is 29.8. The molecular formula is C28H42ClNO4. The van der Waals surface area contributed by atoms with Crippen LogP contribution >= 0.6 is 12.4 Å². The van der Waals surface area contributed by atoms with Crippen LogP contribution in [0.5, 0.6) is 11.5 Å². The van der Waals surface area contributed by atoms with Crippen molar-refractivity contribution in [1.82, 2.24) is 5.32 Å². The summed E-state index contributed by atoms with van der Waals surface area (Å²) < 4.78 is 17.4. The van der Waals surface area contributed by atoms with Crippen LogP contribution in [-0.4, -0.2) is 33.3 Å². The first-order valence-electron chi connectivity index (χ1n) is 12.3. The van der Waals surface area contributed by atoms with E-state index in [0.29, 0.717) is 32.2 Å². The minimum atomic E-state index is 0. The van der Waals surface area contributed by atoms with Gasteiger partial charge in [0.1, 0.15) is 6.61 Å². The Hall–Kier alpha value is -2.24. The van der Waals surface area contributed by atoms with Gasteiger partial charge in [-0.3, -0.25) is 4.79 Å². The standard InChI is InChI=1S/C28H41NO4.ClH/c1-4-24(15-10-5-6-11-16-28(30)29-2)25-17-18-26(27(21-25)32-20-12-19-31-3)33-22-23-13-8-7-9-14-23;/h7-9,13-14,17-18,21,24H,4-6,10-12,15-16,19-20,22H2,1-3H3,(H,29,30);1H. The van der Waals surface area contributed by atoms with E-state index in [4.69, 9.17) is 14.2 Å². The van der Waals surface area contributed by atoms with Crippen LogP contribution in [0.2, 0.25) is 0 Å². The number of rotatable bonds is 17. The number of amides is 1. The molecule has 1 amide bonds. The average molecular weight is 492 g/mol. The summed E-state index contributed by atoms with van der Waals surface area (Å²) in [6.45, 7) is 4.04. The van der Waals surface area contributed by atoms with Crippen molar-refractivity contribution in [3.63, 3.8) is 0 Å². The SMILES string of the molecule is CCC(CCCCCCC(=O)NC)c1ccc(OCc2ccccc2)c(OCCCOC)c1.Cl. The van der Waals surface area contributed by atoms with E-state index in [9.17, 15) is 4.79 Å². The third kappa shape index (κ3) is 11.3. The van der Waals surface area contributed by atoms with Gasteiger partial charge in [0.05, 0.1) is 6.61 Å². The van der Waals surface area contributed by atoms with E-state index in [0.717, 1.165) is 55.6 Å². The van der Waals surface area contributed by atoms with Gasteiger partial charge in [0.2, 0.25) is 5.91 Å². The van der Waals surface area contributed by atoms with Gasteiger partial charge < -0.3 is 19.5 Å². The molecule has 34 heavy (non-hydrogen) atoms. The number of hydrogen-bond acceptors (Lipinski definition) is 4. The second-order valence-corrected chi connectivity index (χ2v) is 8.41. The van der Waals surface area contributed by atoms with E-state index < -0.39 is 0 Å². The molecule has 0 saturated carbocycles. The molecule has 2 aromatic carbocycles. The number of hydrogen-bond donors (Lipinski definition) is 1. The Morgan fingerprint density at radius 3 is 2.38 bits per heavy atom. The number of halogens is 1. The summed E-state index contributed by atoms with van der Waals surface area (Å²) in [5.74, 6) is 2.22. The summed E-state index contributed by atoms with van der Waals surface area (Å²) in [6.07, 6.45) is 8.09. The average Bonchev–Trinajstić information content (AvgIpc) is 2.85. The lowest BCUT2D eigenvalue weighted by molar-refractivity contribution is -0.120. The quantitative estimate of drug-likeness (QED) is 0.251. The number of carbonyl (C=O) groups excluding carboxylic acids is 1. The van der Waals surface area contributed by atoms with Crippen molar-refractivity contribution in [3.05, 3.63) is 59.7 Å². The highest BCUT2D eigenvalue weighted by Gasteiger charge is 2.14. The van der Waals surface area contributed by atoms with Gasteiger partial charge >= 0.3 is 0 Å². The summed E-state index contributed by atoms with van der Waals surface area (Å²) in [4.78, 5) is 11.3. The number of ether oxygens (including phenoxy) is 3. The van der Waals surface area contributed by atoms with Crippen molar-refractivity contribution in [2.24, 2.45) is 0 Å². The van der Waals surface area contributed by atoms with Crippen molar-refractivity contribution in [3.8, 4) is 11.5 Å². The first-order valence-corrected chi connectivity index (χ1v) is 12.3. The molecular weight excluding hydrogens is 450 g/mol. The van der Waals surface area contributed by atoms with Crippen molar-refractivity contribution < 1.29 is 19.0 Å². The van der Waals surface area contributed by atoms with Crippen LogP contribution in [0.3, 0.4) is 0 Å². The number of methoxy groups -OCH3 is 1. The molecule has 1 atom stereocenters. The number of unbranched alkanes of at least 4 members (excludes halogenated alkanes) is 3. The van der Waals surface area contributed by atoms with Gasteiger partial charge in [0.15, 0.2) is 11.5 Å². The monoisotopic (exact) mass is 491 g/mol. The van der Waals surface area contributed by atoms with Crippen molar-refractivity contribution in [2.45, 2.75) is 70.8 Å². The second-order valence-electron chi connectivity index (χ2n) is 8.41. The zero-order valence-corrected chi connectivity index (χ0v) is 21.8. The van der Waals surface area contributed by atoms with Gasteiger partial charge in [0.25, 0.3) is 0 Å². The molecule has 0 bridgehead atoms. The molecule has 0 saturated heterocycles. The molecule has 6 heteroatoms. The lowest BCUT2D eigenvalue weighted by Gasteiger charge is -2.19. The van der Waals surface area contributed by atoms with Gasteiger partial charge in [-0.1, -0.05) is 62.6 Å². The second kappa shape index (κ2) is 18.1. The lowest BCUT2D eigenvalue weighted by atomic mass is 9.90. The van der Waals surface area contributed by atoms with Crippen LogP contribution in [0.1, 0.15) is 75.3 Å². The van der Waals surface area contributed by atoms with Gasteiger partial charge in [-0.15, -0.1) is 12.4 Å². The Labute approximate surface area is 212 Å². The van der Waals surface area contributed by atoms with E-state index in [1.54, 1.807) is 14.2 Å². The predicted octanol–water partition coefficient (Wildman–Crippen LogP) is 6.68. The van der Waals surface area contributed by atoms with Crippen LogP contribution in [-0.2, 0) is 16.1 Å². The highest BCUT2D eigenvalue weighted by molar-refractivity contribution is 5.85. The fraction of sp³-hybridized carbons (Fsp3) is 0.536. The van der Waals surface area contributed by atoms with Gasteiger partial charge in [0, 0.05) is 33.6 Å². The molecule has 1 unspecified atom stereocenters. The maximum atomic E-state index is 11.3. The molecule has 0 aliphatic rings. The molecule has 0 radical (unpaired) electrons. The molecule has 0 aliphatic heterocycles. The summed E-state index contributed by atoms with van der Waals surface area (Å²) in [5.41, 5.74) is 2.44. The molecule has 0 aliphatic carbocycles. The highest BCUT2D eigenvalue weighted by atomic mass is 35.5. The third-order valence-corrected chi connectivity index (χ3v) is 5.90. The minimum Gasteiger partial charge on any atom is -0.490 e. The van der Waals surface area contributed by atoms with E-state index in [1.807, 2.05) is 18.2 Å². The third-order valence-electron chi connectivity index (χ3n) is 5.90. The fourth-order valence-electron chi connectivity index (χ4n) is 3.89. The number of nitrogens with one attached hydrogen (secondary N) is 1. The number of benzene rings is 2. The van der Waals surface area contributed by atoms with Crippen LogP contribution in [0.25, 0.3) is 0 Å². The van der Waals surface area contributed by atoms with Crippen LogP contribution in [0, 0.1) is 0 Å². The van der Waals surface area contributed by atoms with E-state index in [-0.39, 0.29) is 18.3 Å². The normalized spacial score (nSPS) is 11.4. The first-order chi connectivity index (χ1) is 16.2. The van der Waals surface area contributed by atoms with E-state index in [2.05, 4.69) is 42.6 Å². The Bertz CT molecular complexity index is 800. The van der Waals surface area contributed by atoms with Crippen LogP contribution in [0.4, 0.5) is 0 Å². The van der Waals surface area contributed by atoms with E-state index in [1.165, 1.54) is 12.0 Å². The molecule has 2 aromatic rings. The van der Waals surface area contributed by atoms with E-state index >= 15 is 0 Å². The largest absolute Gasteiger partial charge is 0.490 e. The molecule has 2 rings (SSSR count). The lowest BCUT2D eigenvalue weighted by Crippen LogP contribution is -2.16. The summed E-state index contributed by atoms with van der Waals surface area (Å²) in [6, 6.07) is 16.6. The molecule has 1 N–H and O–H groups in total. The molecule has 0 spiro atoms. The van der Waals surface area contributed by atoms with Crippen molar-refractivity contribution in [1.29, 1.82) is 0 Å². The zero-order chi connectivity index (χ0) is 23.7. The summed E-state index contributed by atoms with van der Waals surface area (Å²) >= 11 is 0. The van der Waals surface area contributed by atoms with Crippen molar-refractivity contribution in [2.75, 3.05) is 27.4 Å². The van der Waals surface area contributed by atoms with Gasteiger partial charge in [-0.2, -0.15) is 0 Å². The van der Waals surface area contributed by atoms with Crippen LogP contribution < -0.4 is 14.8 Å². The number of carbonyl (C=O) groups is 1. The van der Waals surface area contributed by atoms with Crippen molar-refractivity contribution >= 4 is 18.3 Å². The zero-order valence-electron chi connectivity index (χ0n) is 21.0. The molecule has 0 aromatic heterocycles. The summed E-state index contributed by atoms with van der Waals surface area (Å²) in [5, 5.41) is 2.69. The molecule has 0 heterocycles. The minimum absolute atomic E-state index is 0. The van der Waals surface area contributed by atoms with Crippen LogP contribution in [0.15, 0.2) is 48.5 Å². The Morgan fingerprint density at radius 1 is 0.912 bits per heavy atom. The fourth-order valence-corrected chi connectivity index (χ4v) is 3.89. The smallest absolute Gasteiger partial charge is 0.219 e. The topological polar surface area (TPSA) is 56.8 Å². The highest BCUT2D eigenvalue weighted by Crippen LogP contribution is 2.35. The Balaban J connectivity index is 0.00000578. The molecule has 0 fully saturated rings. The molecule has 5 nitrogen and oxygen atoms in total. The van der Waals surface area contributed by atoms with Gasteiger partial charge in [-0.25, -0.2) is 0 Å².